The van der Waals surface area contributed by atoms with Gasteiger partial charge in [-0.25, -0.2) is 8.42 Å². The molecule has 8 nitrogen and oxygen atoms in total. The van der Waals surface area contributed by atoms with Crippen molar-refractivity contribution in [3.8, 4) is 0 Å². The highest BCUT2D eigenvalue weighted by Crippen LogP contribution is 2.42. The number of rotatable bonds is 9. The third kappa shape index (κ3) is 7.89. The molecule has 1 aromatic heterocycles. The van der Waals surface area contributed by atoms with Crippen LogP contribution in [-0.4, -0.2) is 67.5 Å². The molecule has 226 valence electrons. The Morgan fingerprint density at radius 3 is 2.24 bits per heavy atom. The molecule has 3 heterocycles. The van der Waals surface area contributed by atoms with Crippen molar-refractivity contribution in [2.24, 2.45) is 5.41 Å². The number of sulfone groups is 1. The Morgan fingerprint density at radius 2 is 1.62 bits per heavy atom. The maximum Gasteiger partial charge on any atom is 0.253 e. The van der Waals surface area contributed by atoms with Crippen LogP contribution in [0.1, 0.15) is 53.2 Å². The lowest BCUT2D eigenvalue weighted by atomic mass is 9.77. The normalized spacial score (nSPS) is 17.3. The van der Waals surface area contributed by atoms with Crippen molar-refractivity contribution in [3.05, 3.63) is 95.8 Å². The van der Waals surface area contributed by atoms with Gasteiger partial charge >= 0.3 is 0 Å². The molecule has 2 aromatic carbocycles. The number of likely N-dealkylation sites (tertiary alicyclic amines) is 2. The highest BCUT2D eigenvalue weighted by Gasteiger charge is 2.47. The fourth-order valence-corrected chi connectivity index (χ4v) is 6.46. The fourth-order valence-electron chi connectivity index (χ4n) is 5.83. The van der Waals surface area contributed by atoms with Crippen LogP contribution in [0.3, 0.4) is 0 Å². The molecule has 2 saturated heterocycles. The first kappa shape index (κ1) is 33.5. The van der Waals surface area contributed by atoms with E-state index in [0.717, 1.165) is 63.0 Å². The molecule has 1 N–H and O–H groups in total. The summed E-state index contributed by atoms with van der Waals surface area (Å²) in [6.07, 6.45) is 7.71. The minimum absolute atomic E-state index is 0. The quantitative estimate of drug-likeness (QED) is 0.367. The van der Waals surface area contributed by atoms with Crippen LogP contribution in [-0.2, 0) is 21.2 Å². The molecule has 1 atom stereocenters. The van der Waals surface area contributed by atoms with Crippen LogP contribution < -0.4 is 5.32 Å². The van der Waals surface area contributed by atoms with Gasteiger partial charge in [0.15, 0.2) is 9.84 Å². The topological polar surface area (TPSA) is 99.7 Å². The highest BCUT2D eigenvalue weighted by atomic mass is 35.5. The van der Waals surface area contributed by atoms with E-state index in [-0.39, 0.29) is 48.1 Å². The van der Waals surface area contributed by atoms with Crippen molar-refractivity contribution >= 4 is 46.5 Å². The molecule has 0 bridgehead atoms. The van der Waals surface area contributed by atoms with Crippen LogP contribution in [0.4, 0.5) is 0 Å². The van der Waals surface area contributed by atoms with Gasteiger partial charge < -0.3 is 15.1 Å². The molecule has 2 aliphatic rings. The van der Waals surface area contributed by atoms with Crippen LogP contribution in [0.5, 0.6) is 0 Å². The number of carbonyl (C=O) groups excluding carboxylic acids is 2. The summed E-state index contributed by atoms with van der Waals surface area (Å²) >= 11 is 0. The summed E-state index contributed by atoms with van der Waals surface area (Å²) in [7, 11) is -3.24. The Morgan fingerprint density at radius 1 is 0.952 bits per heavy atom. The van der Waals surface area contributed by atoms with Crippen molar-refractivity contribution < 1.29 is 18.0 Å². The highest BCUT2D eigenvalue weighted by molar-refractivity contribution is 7.90. The summed E-state index contributed by atoms with van der Waals surface area (Å²) < 4.78 is 23.5. The molecular formula is C31H38Cl2N4O4S. The van der Waals surface area contributed by atoms with E-state index in [9.17, 15) is 18.0 Å². The van der Waals surface area contributed by atoms with Gasteiger partial charge in [0, 0.05) is 38.3 Å². The third-order valence-corrected chi connectivity index (χ3v) is 9.43. The smallest absolute Gasteiger partial charge is 0.253 e. The zero-order valence-electron chi connectivity index (χ0n) is 23.6. The van der Waals surface area contributed by atoms with Gasteiger partial charge in [0.25, 0.3) is 5.91 Å². The Bertz CT molecular complexity index is 1430. The van der Waals surface area contributed by atoms with Crippen molar-refractivity contribution in [2.45, 2.75) is 43.2 Å². The number of pyridine rings is 1. The summed E-state index contributed by atoms with van der Waals surface area (Å²) in [5.41, 5.74) is 2.24. The SMILES string of the molecule is CS(=O)(=O)c1ccc(CN2CCC3(CCN(CCC(NC(=O)c4cccnc4)c4ccccc4)CC3)C2=O)cc1.Cl.Cl. The van der Waals surface area contributed by atoms with Gasteiger partial charge in [-0.05, 0) is 74.2 Å². The number of piperidine rings is 1. The number of amides is 2. The van der Waals surface area contributed by atoms with Crippen molar-refractivity contribution in [1.82, 2.24) is 20.1 Å². The number of aromatic nitrogens is 1. The van der Waals surface area contributed by atoms with Gasteiger partial charge in [-0.1, -0.05) is 42.5 Å². The molecule has 2 fully saturated rings. The van der Waals surface area contributed by atoms with E-state index in [1.54, 1.807) is 48.8 Å². The maximum absolute atomic E-state index is 13.5. The molecule has 0 radical (unpaired) electrons. The summed E-state index contributed by atoms with van der Waals surface area (Å²) in [5.74, 6) is 0.0763. The first-order chi connectivity index (χ1) is 19.2. The van der Waals surface area contributed by atoms with Crippen LogP contribution in [0.2, 0.25) is 0 Å². The van der Waals surface area contributed by atoms with Crippen LogP contribution in [0, 0.1) is 5.41 Å². The summed E-state index contributed by atoms with van der Waals surface area (Å²) in [4.78, 5) is 35.0. The Hall–Kier alpha value is -2.98. The molecule has 1 spiro atoms. The van der Waals surface area contributed by atoms with E-state index in [4.69, 9.17) is 0 Å². The van der Waals surface area contributed by atoms with E-state index < -0.39 is 9.84 Å². The van der Waals surface area contributed by atoms with Crippen molar-refractivity contribution in [3.63, 3.8) is 0 Å². The number of benzene rings is 2. The van der Waals surface area contributed by atoms with Crippen molar-refractivity contribution in [1.29, 1.82) is 0 Å². The fraction of sp³-hybridized carbons (Fsp3) is 0.387. The van der Waals surface area contributed by atoms with E-state index >= 15 is 0 Å². The average molecular weight is 634 g/mol. The van der Waals surface area contributed by atoms with Gasteiger partial charge in [0.05, 0.1) is 21.9 Å². The average Bonchev–Trinajstić information content (AvgIpc) is 3.26. The number of nitrogens with one attached hydrogen (secondary N) is 1. The first-order valence-corrected chi connectivity index (χ1v) is 15.7. The lowest BCUT2D eigenvalue weighted by Crippen LogP contribution is -2.45. The van der Waals surface area contributed by atoms with E-state index in [1.165, 1.54) is 6.26 Å². The molecule has 2 amide bonds. The molecule has 1 unspecified atom stereocenters. The summed E-state index contributed by atoms with van der Waals surface area (Å²) in [6.45, 7) is 3.75. The van der Waals surface area contributed by atoms with E-state index in [1.807, 2.05) is 35.2 Å². The van der Waals surface area contributed by atoms with Crippen molar-refractivity contribution in [2.75, 3.05) is 32.4 Å². The van der Waals surface area contributed by atoms with Gasteiger partial charge in [-0.15, -0.1) is 24.8 Å². The lowest BCUT2D eigenvalue weighted by molar-refractivity contribution is -0.138. The molecule has 11 heteroatoms. The molecule has 5 rings (SSSR count). The third-order valence-electron chi connectivity index (χ3n) is 8.30. The molecule has 0 saturated carbocycles. The van der Waals surface area contributed by atoms with Crippen LogP contribution in [0.25, 0.3) is 0 Å². The Labute approximate surface area is 260 Å². The molecule has 2 aliphatic heterocycles. The van der Waals surface area contributed by atoms with Gasteiger partial charge in [0.1, 0.15) is 0 Å². The summed E-state index contributed by atoms with van der Waals surface area (Å²) in [6, 6.07) is 20.3. The Balaban J connectivity index is 0.00000242. The molecule has 42 heavy (non-hydrogen) atoms. The standard InChI is InChI=1S/C31H36N4O4S.2ClH/c1-40(38,39)27-11-9-24(10-12-27)23-35-21-16-31(30(35)37)14-19-34(20-15-31)18-13-28(25-6-3-2-4-7-25)33-29(36)26-8-5-17-32-22-26;;/h2-12,17,22,28H,13-16,18-21,23H2,1H3,(H,33,36);2*1H. The molecule has 0 aliphatic carbocycles. The maximum atomic E-state index is 13.5. The van der Waals surface area contributed by atoms with E-state index in [0.29, 0.717) is 17.0 Å². The zero-order valence-corrected chi connectivity index (χ0v) is 26.1. The number of hydrogen-bond acceptors (Lipinski definition) is 6. The minimum atomic E-state index is -3.24. The first-order valence-electron chi connectivity index (χ1n) is 13.8. The second kappa shape index (κ2) is 14.5. The largest absolute Gasteiger partial charge is 0.345 e. The number of carbonyl (C=O) groups is 2. The predicted molar refractivity (Wildman–Crippen MR) is 168 cm³/mol. The van der Waals surface area contributed by atoms with Gasteiger partial charge in [-0.3, -0.25) is 14.6 Å². The number of hydrogen-bond donors (Lipinski definition) is 1. The van der Waals surface area contributed by atoms with Crippen LogP contribution >= 0.6 is 24.8 Å². The lowest BCUT2D eigenvalue weighted by Gasteiger charge is -2.38. The zero-order chi connectivity index (χ0) is 28.2. The van der Waals surface area contributed by atoms with E-state index in [2.05, 4.69) is 15.2 Å². The predicted octanol–water partition coefficient (Wildman–Crippen LogP) is 4.70. The van der Waals surface area contributed by atoms with Crippen LogP contribution in [0.15, 0.2) is 84.0 Å². The Kier molecular flexibility index (Phi) is 11.5. The van der Waals surface area contributed by atoms with Gasteiger partial charge in [0.2, 0.25) is 5.91 Å². The minimum Gasteiger partial charge on any atom is -0.345 e. The van der Waals surface area contributed by atoms with Gasteiger partial charge in [-0.2, -0.15) is 0 Å². The summed E-state index contributed by atoms with van der Waals surface area (Å²) in [5, 5.41) is 3.19. The molecule has 3 aromatic rings. The monoisotopic (exact) mass is 632 g/mol. The number of halogens is 2. The number of nitrogens with zero attached hydrogens (tertiary/aromatic N) is 3. The second-order valence-corrected chi connectivity index (χ2v) is 13.0. The second-order valence-electron chi connectivity index (χ2n) is 11.0. The molecular weight excluding hydrogens is 595 g/mol.